The Morgan fingerprint density at radius 1 is 0.486 bits per heavy atom. The summed E-state index contributed by atoms with van der Waals surface area (Å²) >= 11 is 5.57. The number of alkyl halides is 1. The first-order valence-corrected chi connectivity index (χ1v) is 26.5. The second kappa shape index (κ2) is 25.4. The van der Waals surface area contributed by atoms with Gasteiger partial charge in [-0.05, 0) is 66.0 Å². The summed E-state index contributed by atoms with van der Waals surface area (Å²) in [5.41, 5.74) is 4.74. The van der Waals surface area contributed by atoms with Crippen molar-refractivity contribution in [3.8, 4) is 0 Å². The fourth-order valence-corrected chi connectivity index (χ4v) is 11.4. The molecule has 6 heterocycles. The summed E-state index contributed by atoms with van der Waals surface area (Å²) in [6.45, 7) is 13.8. The number of rotatable bonds is 19. The summed E-state index contributed by atoms with van der Waals surface area (Å²) in [5.74, 6) is 2.97. The van der Waals surface area contributed by atoms with Crippen molar-refractivity contribution in [2.75, 3.05) is 32.2 Å². The van der Waals surface area contributed by atoms with Crippen molar-refractivity contribution in [3.63, 3.8) is 0 Å². The zero-order valence-electron chi connectivity index (χ0n) is 42.0. The van der Waals surface area contributed by atoms with E-state index in [1.54, 1.807) is 11.2 Å². The number of imidazole rings is 2. The third-order valence-electron chi connectivity index (χ3n) is 14.4. The molecule has 4 unspecified atom stereocenters. The maximum absolute atomic E-state index is 12.6. The molecule has 12 nitrogen and oxygen atoms in total. The Hall–Kier alpha value is -5.75. The molecule has 9 rings (SSSR count). The smallest absolute Gasteiger partial charge is 0.224 e. The Morgan fingerprint density at radius 2 is 0.843 bits per heavy atom. The predicted octanol–water partition coefficient (Wildman–Crippen LogP) is 10.3. The van der Waals surface area contributed by atoms with E-state index in [9.17, 15) is 19.2 Å². The van der Waals surface area contributed by atoms with Gasteiger partial charge in [-0.25, -0.2) is 9.97 Å². The number of hydrogen-bond acceptors (Lipinski definition) is 6. The van der Waals surface area contributed by atoms with Crippen LogP contribution >= 0.6 is 11.6 Å². The van der Waals surface area contributed by atoms with Gasteiger partial charge in [0.15, 0.2) is 0 Å². The topological polar surface area (TPSA) is 117 Å². The van der Waals surface area contributed by atoms with Crippen LogP contribution in [0.25, 0.3) is 0 Å². The molecule has 0 spiro atoms. The molecule has 4 amide bonds. The molecule has 0 N–H and O–H groups in total. The van der Waals surface area contributed by atoms with Crippen LogP contribution in [-0.2, 0) is 44.5 Å². The first-order valence-electron chi connectivity index (χ1n) is 26.0. The highest BCUT2D eigenvalue weighted by atomic mass is 35.5. The van der Waals surface area contributed by atoms with Crippen LogP contribution in [0.4, 0.5) is 0 Å². The van der Waals surface area contributed by atoms with E-state index in [1.807, 2.05) is 31.8 Å². The van der Waals surface area contributed by atoms with Crippen molar-refractivity contribution in [2.45, 2.75) is 130 Å². The summed E-state index contributed by atoms with van der Waals surface area (Å²) < 4.78 is 4.18. The minimum absolute atomic E-state index is 0.221. The maximum Gasteiger partial charge on any atom is 0.224 e. The van der Waals surface area contributed by atoms with Gasteiger partial charge in [0, 0.05) is 64.3 Å². The lowest BCUT2D eigenvalue weighted by Gasteiger charge is -2.37. The van der Waals surface area contributed by atoms with Gasteiger partial charge < -0.3 is 28.7 Å². The number of benzene rings is 3. The Bertz CT molecular complexity index is 2280. The first kappa shape index (κ1) is 52.1. The van der Waals surface area contributed by atoms with Crippen molar-refractivity contribution in [3.05, 3.63) is 144 Å². The molecule has 4 atom stereocenters. The summed E-state index contributed by atoms with van der Waals surface area (Å²) in [6, 6.07) is 32.1. The summed E-state index contributed by atoms with van der Waals surface area (Å²) in [7, 11) is 0. The van der Waals surface area contributed by atoms with Gasteiger partial charge in [-0.15, -0.1) is 11.6 Å². The van der Waals surface area contributed by atoms with Crippen LogP contribution in [0.5, 0.6) is 0 Å². The first-order chi connectivity index (χ1) is 34.1. The second-order valence-electron chi connectivity index (χ2n) is 19.9. The van der Waals surface area contributed by atoms with Crippen LogP contribution in [0.15, 0.2) is 116 Å². The molecule has 4 aliphatic heterocycles. The van der Waals surface area contributed by atoms with Gasteiger partial charge in [0.05, 0.1) is 49.8 Å². The Kier molecular flexibility index (Phi) is 18.9. The Labute approximate surface area is 421 Å². The van der Waals surface area contributed by atoms with Crippen LogP contribution in [0.1, 0.15) is 133 Å². The van der Waals surface area contributed by atoms with Gasteiger partial charge >= 0.3 is 0 Å². The van der Waals surface area contributed by atoms with Crippen LogP contribution in [0, 0.1) is 23.7 Å². The largest absolute Gasteiger partial charge is 0.336 e. The zero-order valence-corrected chi connectivity index (χ0v) is 42.8. The van der Waals surface area contributed by atoms with Crippen molar-refractivity contribution in [1.29, 1.82) is 0 Å². The fourth-order valence-electron chi connectivity index (χ4n) is 11.1. The summed E-state index contributed by atoms with van der Waals surface area (Å²) in [6.07, 6.45) is 19.5. The molecule has 4 aliphatic rings. The van der Waals surface area contributed by atoms with Gasteiger partial charge in [0.1, 0.15) is 5.54 Å². The molecule has 4 saturated heterocycles. The average Bonchev–Trinajstić information content (AvgIpc) is 4.25. The van der Waals surface area contributed by atoms with Crippen molar-refractivity contribution < 1.29 is 19.2 Å². The quantitative estimate of drug-likeness (QED) is 0.0462. The zero-order chi connectivity index (χ0) is 49.5. The molecule has 5 aromatic rings. The Balaban J connectivity index is 0.000000175. The van der Waals surface area contributed by atoms with Crippen molar-refractivity contribution >= 4 is 35.2 Å². The normalized spacial score (nSPS) is 20.3. The molecule has 0 saturated carbocycles. The van der Waals surface area contributed by atoms with Crippen LogP contribution in [0.2, 0.25) is 0 Å². The van der Waals surface area contributed by atoms with E-state index in [1.165, 1.54) is 0 Å². The maximum atomic E-state index is 12.6. The van der Waals surface area contributed by atoms with Crippen molar-refractivity contribution in [2.24, 2.45) is 23.7 Å². The molecule has 0 aliphatic carbocycles. The molecule has 374 valence electrons. The van der Waals surface area contributed by atoms with Gasteiger partial charge in [0.2, 0.25) is 23.6 Å². The summed E-state index contributed by atoms with van der Waals surface area (Å²) in [5, 5.41) is 0. The lowest BCUT2D eigenvalue weighted by Crippen LogP contribution is -2.37. The van der Waals surface area contributed by atoms with E-state index >= 15 is 0 Å². The predicted molar refractivity (Wildman–Crippen MR) is 276 cm³/mol. The number of carbonyl (C=O) groups excluding carboxylic acids is 4. The standard InChI is InChI=1S/C30H31N3O.C19H30N4O2.C8H14ClNO/c1-2-12-24-19-29(34)32(20-24)21-28-22-33(23-31-28)30(25-13-6-3-7-14-25,26-15-8-4-9-16-26)27-17-10-5-11-18-27;1-3-5-15-7-18(24)22(9-15)12-17-11-21(13-20-17)14-23-10-16(6-4-2)8-19(23)25;1-2-3-7-4-8(11)10(5-7)6-9/h3-11,13-18,22-24H,2,12,19-21H2,1H3;11,13,15-16H,3-10,12,14H2,1-2H3;7H,2-6H2,1H3. The highest BCUT2D eigenvalue weighted by molar-refractivity contribution is 6.18. The fraction of sp³-hybridized carbons (Fsp3) is 0.509. The molecule has 2 aromatic heterocycles. The molecule has 0 bridgehead atoms. The number of aromatic nitrogens is 4. The van der Waals surface area contributed by atoms with Gasteiger partial charge in [0.25, 0.3) is 0 Å². The van der Waals surface area contributed by atoms with Crippen LogP contribution in [-0.4, -0.2) is 94.5 Å². The molecule has 70 heavy (non-hydrogen) atoms. The van der Waals surface area contributed by atoms with Crippen LogP contribution < -0.4 is 0 Å². The minimum atomic E-state index is -0.575. The number of carbonyl (C=O) groups is 4. The van der Waals surface area contributed by atoms with E-state index in [2.05, 4.69) is 134 Å². The van der Waals surface area contributed by atoms with E-state index < -0.39 is 5.54 Å². The number of hydrogen-bond donors (Lipinski definition) is 0. The van der Waals surface area contributed by atoms with Gasteiger partial charge in [-0.3, -0.25) is 19.2 Å². The third-order valence-corrected chi connectivity index (χ3v) is 14.7. The second-order valence-corrected chi connectivity index (χ2v) is 20.2. The third kappa shape index (κ3) is 13.0. The van der Waals surface area contributed by atoms with E-state index in [0.717, 1.165) is 106 Å². The van der Waals surface area contributed by atoms with E-state index in [-0.39, 0.29) is 23.6 Å². The molecule has 3 aromatic carbocycles. The van der Waals surface area contributed by atoms with E-state index in [4.69, 9.17) is 16.6 Å². The highest BCUT2D eigenvalue weighted by Crippen LogP contribution is 2.41. The average molecular weight is 972 g/mol. The lowest BCUT2D eigenvalue weighted by molar-refractivity contribution is -0.129. The summed E-state index contributed by atoms with van der Waals surface area (Å²) in [4.78, 5) is 64.8. The molecular formula is C57H75ClN8O4. The lowest BCUT2D eigenvalue weighted by atomic mass is 9.77. The number of halogens is 1. The number of likely N-dealkylation sites (tertiary alicyclic amines) is 4. The molecule has 4 fully saturated rings. The Morgan fingerprint density at radius 3 is 1.24 bits per heavy atom. The minimum Gasteiger partial charge on any atom is -0.336 e. The number of amides is 4. The highest BCUT2D eigenvalue weighted by Gasteiger charge is 2.39. The number of nitrogens with zero attached hydrogens (tertiary/aromatic N) is 8. The van der Waals surface area contributed by atoms with Gasteiger partial charge in [-0.2, -0.15) is 0 Å². The monoisotopic (exact) mass is 971 g/mol. The van der Waals surface area contributed by atoms with Gasteiger partial charge in [-0.1, -0.05) is 144 Å². The van der Waals surface area contributed by atoms with Crippen LogP contribution in [0.3, 0.4) is 0 Å². The SMILES string of the molecule is CCCC1CC(=O)N(CCl)C1.CCCC1CC(=O)N(Cc2cn(C(c3ccccc3)(c3ccccc3)c3ccccc3)cn2)C1.CCCC1CC(=O)N(Cc2cn(CN3CC(CCC)CC3=O)cn2)C1. The molecule has 13 heteroatoms. The van der Waals surface area contributed by atoms with Crippen molar-refractivity contribution in [1.82, 2.24) is 38.7 Å². The van der Waals surface area contributed by atoms with E-state index in [0.29, 0.717) is 75.1 Å². The molecule has 0 radical (unpaired) electrons. The molecular weight excluding hydrogens is 896 g/mol.